The molecule has 0 aliphatic rings. The lowest BCUT2D eigenvalue weighted by atomic mass is 10.1. The zero-order valence-corrected chi connectivity index (χ0v) is 13.9. The Labute approximate surface area is 142 Å². The molecule has 5 nitrogen and oxygen atoms in total. The van der Waals surface area contributed by atoms with Gasteiger partial charge in [-0.1, -0.05) is 37.3 Å². The topological polar surface area (TPSA) is 67.4 Å². The Morgan fingerprint density at radius 3 is 2.29 bits per heavy atom. The van der Waals surface area contributed by atoms with Crippen LogP contribution in [0.1, 0.15) is 36.2 Å². The lowest BCUT2D eigenvalue weighted by molar-refractivity contribution is -0.121. The number of hydrogen-bond acceptors (Lipinski definition) is 3. The van der Waals surface area contributed by atoms with Crippen LogP contribution < -0.4 is 15.6 Å². The number of hydrogen-bond donors (Lipinski definition) is 2. The van der Waals surface area contributed by atoms with Crippen molar-refractivity contribution in [2.45, 2.75) is 32.8 Å². The summed E-state index contributed by atoms with van der Waals surface area (Å²) in [5.74, 6) is 0.0757. The van der Waals surface area contributed by atoms with Gasteiger partial charge in [-0.25, -0.2) is 0 Å². The molecule has 0 aliphatic carbocycles. The molecule has 0 heterocycles. The first-order chi connectivity index (χ1) is 11.6. The summed E-state index contributed by atoms with van der Waals surface area (Å²) in [6.07, 6.45) is 1.25. The number of rotatable bonds is 6. The van der Waals surface area contributed by atoms with E-state index in [9.17, 15) is 9.59 Å². The van der Waals surface area contributed by atoms with Gasteiger partial charge in [0, 0.05) is 5.56 Å². The van der Waals surface area contributed by atoms with Gasteiger partial charge in [0.1, 0.15) is 5.75 Å². The van der Waals surface area contributed by atoms with Crippen LogP contribution in [0.4, 0.5) is 0 Å². The molecule has 2 aromatic carbocycles. The van der Waals surface area contributed by atoms with Crippen molar-refractivity contribution in [3.63, 3.8) is 0 Å². The van der Waals surface area contributed by atoms with Crippen LogP contribution in [0.3, 0.4) is 0 Å². The first kappa shape index (κ1) is 17.5. The van der Waals surface area contributed by atoms with Gasteiger partial charge in [-0.15, -0.1) is 0 Å². The fourth-order valence-corrected chi connectivity index (χ4v) is 2.02. The molecule has 0 saturated heterocycles. The number of nitrogens with one attached hydrogen (secondary N) is 2. The summed E-state index contributed by atoms with van der Waals surface area (Å²) >= 11 is 0. The predicted octanol–water partition coefficient (Wildman–Crippen LogP) is 2.87. The van der Waals surface area contributed by atoms with Crippen LogP contribution in [-0.2, 0) is 11.2 Å². The Balaban J connectivity index is 1.82. The van der Waals surface area contributed by atoms with E-state index in [-0.39, 0.29) is 24.3 Å². The van der Waals surface area contributed by atoms with Gasteiger partial charge in [0.05, 0.1) is 12.5 Å². The smallest absolute Gasteiger partial charge is 0.269 e. The van der Waals surface area contributed by atoms with Crippen LogP contribution in [0.2, 0.25) is 0 Å². The van der Waals surface area contributed by atoms with Crippen molar-refractivity contribution in [1.82, 2.24) is 10.9 Å². The summed E-state index contributed by atoms with van der Waals surface area (Å²) in [6.45, 7) is 4.04. The van der Waals surface area contributed by atoms with Gasteiger partial charge < -0.3 is 4.74 Å². The van der Waals surface area contributed by atoms with Gasteiger partial charge in [-0.2, -0.15) is 0 Å². The maximum absolute atomic E-state index is 12.0. The molecule has 0 aromatic heterocycles. The minimum absolute atomic E-state index is 0.127. The third-order valence-corrected chi connectivity index (χ3v) is 3.55. The van der Waals surface area contributed by atoms with E-state index >= 15 is 0 Å². The molecule has 2 N–H and O–H groups in total. The fourth-order valence-electron chi connectivity index (χ4n) is 2.02. The second-order valence-electron chi connectivity index (χ2n) is 5.53. The maximum atomic E-state index is 12.0. The van der Waals surface area contributed by atoms with E-state index in [1.807, 2.05) is 44.2 Å². The van der Waals surface area contributed by atoms with Crippen molar-refractivity contribution < 1.29 is 14.3 Å². The Kier molecular flexibility index (Phi) is 6.37. The van der Waals surface area contributed by atoms with Gasteiger partial charge in [-0.3, -0.25) is 20.4 Å². The summed E-state index contributed by atoms with van der Waals surface area (Å²) in [4.78, 5) is 23.8. The molecule has 0 spiro atoms. The second-order valence-corrected chi connectivity index (χ2v) is 5.53. The monoisotopic (exact) mass is 326 g/mol. The molecular formula is C19H22N2O3. The second kappa shape index (κ2) is 8.72. The van der Waals surface area contributed by atoms with Gasteiger partial charge in [-0.05, 0) is 43.2 Å². The van der Waals surface area contributed by atoms with Crippen molar-refractivity contribution in [2.75, 3.05) is 0 Å². The highest BCUT2D eigenvalue weighted by molar-refractivity contribution is 5.95. The van der Waals surface area contributed by atoms with Gasteiger partial charge in [0.25, 0.3) is 5.91 Å². The molecule has 1 unspecified atom stereocenters. The summed E-state index contributed by atoms with van der Waals surface area (Å²) in [7, 11) is 0. The molecule has 0 fully saturated rings. The fraction of sp³-hybridized carbons (Fsp3) is 0.263. The largest absolute Gasteiger partial charge is 0.491 e. The molecule has 2 rings (SSSR count). The molecule has 1 atom stereocenters. The SMILES string of the molecule is CCC(C)Oc1ccc(C(=O)NNC(=O)Cc2ccccc2)cc1. The number of ether oxygens (including phenoxy) is 1. The number of carbonyl (C=O) groups excluding carboxylic acids is 2. The average Bonchev–Trinajstić information content (AvgIpc) is 2.61. The van der Waals surface area contributed by atoms with Crippen LogP contribution in [0.15, 0.2) is 54.6 Å². The first-order valence-corrected chi connectivity index (χ1v) is 7.98. The quantitative estimate of drug-likeness (QED) is 0.802. The van der Waals surface area contributed by atoms with Crippen LogP contribution in [0, 0.1) is 0 Å². The zero-order chi connectivity index (χ0) is 17.4. The highest BCUT2D eigenvalue weighted by Gasteiger charge is 2.09. The van der Waals surface area contributed by atoms with Crippen molar-refractivity contribution in [3.8, 4) is 5.75 Å². The lowest BCUT2D eigenvalue weighted by Crippen LogP contribution is -2.42. The molecule has 2 aromatic rings. The number of hydrazine groups is 1. The Hall–Kier alpha value is -2.82. The van der Waals surface area contributed by atoms with E-state index in [1.54, 1.807) is 24.3 Å². The van der Waals surface area contributed by atoms with E-state index in [0.717, 1.165) is 12.0 Å². The van der Waals surface area contributed by atoms with Gasteiger partial charge in [0.15, 0.2) is 0 Å². The highest BCUT2D eigenvalue weighted by Crippen LogP contribution is 2.14. The van der Waals surface area contributed by atoms with Crippen LogP contribution >= 0.6 is 0 Å². The van der Waals surface area contributed by atoms with Crippen molar-refractivity contribution in [2.24, 2.45) is 0 Å². The van der Waals surface area contributed by atoms with Crippen LogP contribution in [-0.4, -0.2) is 17.9 Å². The summed E-state index contributed by atoms with van der Waals surface area (Å²) in [5, 5.41) is 0. The number of amides is 2. The predicted molar refractivity (Wildman–Crippen MR) is 92.6 cm³/mol. The van der Waals surface area contributed by atoms with Gasteiger partial charge >= 0.3 is 0 Å². The van der Waals surface area contributed by atoms with E-state index < -0.39 is 0 Å². The van der Waals surface area contributed by atoms with Crippen molar-refractivity contribution in [1.29, 1.82) is 0 Å². The first-order valence-electron chi connectivity index (χ1n) is 7.98. The molecule has 0 bridgehead atoms. The molecule has 0 saturated carbocycles. The highest BCUT2D eigenvalue weighted by atomic mass is 16.5. The molecular weight excluding hydrogens is 304 g/mol. The molecule has 0 aliphatic heterocycles. The molecule has 24 heavy (non-hydrogen) atoms. The Morgan fingerprint density at radius 1 is 1.00 bits per heavy atom. The summed E-state index contributed by atoms with van der Waals surface area (Å²) in [6, 6.07) is 16.1. The summed E-state index contributed by atoms with van der Waals surface area (Å²) in [5.41, 5.74) is 6.16. The average molecular weight is 326 g/mol. The van der Waals surface area contributed by atoms with E-state index in [4.69, 9.17) is 4.74 Å². The van der Waals surface area contributed by atoms with E-state index in [2.05, 4.69) is 10.9 Å². The molecule has 126 valence electrons. The summed E-state index contributed by atoms with van der Waals surface area (Å²) < 4.78 is 5.66. The van der Waals surface area contributed by atoms with Crippen LogP contribution in [0.25, 0.3) is 0 Å². The molecule has 2 amide bonds. The standard InChI is InChI=1S/C19H22N2O3/c1-3-14(2)24-17-11-9-16(10-12-17)19(23)21-20-18(22)13-15-7-5-4-6-8-15/h4-12,14H,3,13H2,1-2H3,(H,20,22)(H,21,23). The van der Waals surface area contributed by atoms with Crippen molar-refractivity contribution >= 4 is 11.8 Å². The number of benzene rings is 2. The van der Waals surface area contributed by atoms with Crippen LogP contribution in [0.5, 0.6) is 5.75 Å². The van der Waals surface area contributed by atoms with Crippen molar-refractivity contribution in [3.05, 3.63) is 65.7 Å². The minimum Gasteiger partial charge on any atom is -0.491 e. The zero-order valence-electron chi connectivity index (χ0n) is 13.9. The third-order valence-electron chi connectivity index (χ3n) is 3.55. The third kappa shape index (κ3) is 5.43. The maximum Gasteiger partial charge on any atom is 0.269 e. The Bertz CT molecular complexity index is 669. The van der Waals surface area contributed by atoms with E-state index in [1.165, 1.54) is 0 Å². The Morgan fingerprint density at radius 2 is 1.67 bits per heavy atom. The van der Waals surface area contributed by atoms with Gasteiger partial charge in [0.2, 0.25) is 5.91 Å². The normalized spacial score (nSPS) is 11.4. The minimum atomic E-state index is -0.369. The number of carbonyl (C=O) groups is 2. The lowest BCUT2D eigenvalue weighted by Gasteiger charge is -2.13. The molecule has 0 radical (unpaired) electrons. The van der Waals surface area contributed by atoms with E-state index in [0.29, 0.717) is 11.3 Å². The molecule has 5 heteroatoms.